The minimum Gasteiger partial charge on any atom is -0.495 e. The van der Waals surface area contributed by atoms with Crippen LogP contribution in [0.25, 0.3) is 11.3 Å². The number of aromatic nitrogens is 2. The number of rotatable bonds is 5. The molecular weight excluding hydrogens is 460 g/mol. The molecule has 0 radical (unpaired) electrons. The van der Waals surface area contributed by atoms with Gasteiger partial charge in [0.1, 0.15) is 10.6 Å². The molecule has 4 rings (SSSR count). The van der Waals surface area contributed by atoms with E-state index in [1.54, 1.807) is 42.5 Å². The van der Waals surface area contributed by atoms with Gasteiger partial charge in [-0.3, -0.25) is 9.10 Å². The molecule has 0 atom stereocenters. The molecule has 1 aliphatic heterocycles. The summed E-state index contributed by atoms with van der Waals surface area (Å²) in [5.41, 5.74) is 1.90. The van der Waals surface area contributed by atoms with Crippen LogP contribution in [0.3, 0.4) is 0 Å². The van der Waals surface area contributed by atoms with Gasteiger partial charge in [-0.25, -0.2) is 18.4 Å². The normalized spacial score (nSPS) is 13.8. The molecule has 0 unspecified atom stereocenters. The fourth-order valence-corrected chi connectivity index (χ4v) is 5.19. The average Bonchev–Trinajstić information content (AvgIpc) is 2.76. The summed E-state index contributed by atoms with van der Waals surface area (Å²) in [6, 6.07) is 12.0. The predicted molar refractivity (Wildman–Crippen MR) is 120 cm³/mol. The van der Waals surface area contributed by atoms with Crippen molar-refractivity contribution in [2.75, 3.05) is 29.5 Å². The Balaban J connectivity index is 1.58. The van der Waals surface area contributed by atoms with Crippen LogP contribution < -0.4 is 14.4 Å². The van der Waals surface area contributed by atoms with Gasteiger partial charge >= 0.3 is 0 Å². The zero-order chi connectivity index (χ0) is 22.2. The van der Waals surface area contributed by atoms with Gasteiger partial charge < -0.3 is 10.1 Å². The highest BCUT2D eigenvalue weighted by Gasteiger charge is 2.34. The van der Waals surface area contributed by atoms with E-state index in [0.717, 1.165) is 16.1 Å². The highest BCUT2D eigenvalue weighted by molar-refractivity contribution is 7.99. The summed E-state index contributed by atoms with van der Waals surface area (Å²) in [4.78, 5) is 20.9. The number of methoxy groups -OCH3 is 1. The van der Waals surface area contributed by atoms with E-state index >= 15 is 0 Å². The van der Waals surface area contributed by atoms with Gasteiger partial charge in [-0.05, 0) is 30.3 Å². The Bertz CT molecular complexity index is 1280. The topological polar surface area (TPSA) is 101 Å². The number of carbonyl (C=O) groups is 1. The molecule has 1 N–H and O–H groups in total. The first kappa shape index (κ1) is 21.4. The fraction of sp³-hybridized carbons (Fsp3) is 0.150. The van der Waals surface area contributed by atoms with Gasteiger partial charge in [-0.2, -0.15) is 0 Å². The second-order valence-corrected chi connectivity index (χ2v) is 9.85. The molecule has 0 saturated heterocycles. The highest BCUT2D eigenvalue weighted by atomic mass is 35.5. The molecule has 0 bridgehead atoms. The number of thioether (sulfide) groups is 1. The lowest BCUT2D eigenvalue weighted by atomic mass is 10.1. The molecule has 31 heavy (non-hydrogen) atoms. The molecule has 1 aliphatic rings. The maximum Gasteiger partial charge on any atom is 0.267 e. The van der Waals surface area contributed by atoms with Crippen LogP contribution in [0, 0.1) is 0 Å². The molecular formula is C20H17ClN4O4S2. The van der Waals surface area contributed by atoms with Crippen LogP contribution in [0.15, 0.2) is 58.7 Å². The van der Waals surface area contributed by atoms with Gasteiger partial charge in [0.2, 0.25) is 5.91 Å². The summed E-state index contributed by atoms with van der Waals surface area (Å²) in [6.45, 7) is 0. The van der Waals surface area contributed by atoms with E-state index in [9.17, 15) is 13.2 Å². The van der Waals surface area contributed by atoms with Crippen LogP contribution in [0.5, 0.6) is 5.75 Å². The van der Waals surface area contributed by atoms with Crippen LogP contribution in [0.1, 0.15) is 0 Å². The number of fused-ring (bicyclic) bond motifs is 3. The van der Waals surface area contributed by atoms with E-state index in [-0.39, 0.29) is 27.4 Å². The lowest BCUT2D eigenvalue weighted by Crippen LogP contribution is -2.31. The maximum atomic E-state index is 12.8. The third kappa shape index (κ3) is 4.06. The van der Waals surface area contributed by atoms with E-state index in [1.807, 2.05) is 0 Å². The zero-order valence-electron chi connectivity index (χ0n) is 16.5. The Labute approximate surface area is 188 Å². The maximum absolute atomic E-state index is 12.8. The smallest absolute Gasteiger partial charge is 0.267 e. The van der Waals surface area contributed by atoms with Crippen molar-refractivity contribution in [1.29, 1.82) is 0 Å². The summed E-state index contributed by atoms with van der Waals surface area (Å²) in [7, 11) is -0.818. The number of benzene rings is 2. The SMILES string of the molecule is COc1ccccc1NC(=O)CSc1ncc2c(n1)-c1ccc(Cl)cc1N(C)S2(=O)=O. The zero-order valence-corrected chi connectivity index (χ0v) is 18.9. The van der Waals surface area contributed by atoms with E-state index in [0.29, 0.717) is 27.7 Å². The lowest BCUT2D eigenvalue weighted by Gasteiger charge is -2.28. The number of carbonyl (C=O) groups excluding carboxylic acids is 1. The summed E-state index contributed by atoms with van der Waals surface area (Å²) < 4.78 is 32.1. The fourth-order valence-electron chi connectivity index (χ4n) is 3.11. The molecule has 2 heterocycles. The predicted octanol–water partition coefficient (Wildman–Crippen LogP) is 3.67. The van der Waals surface area contributed by atoms with E-state index in [2.05, 4.69) is 15.3 Å². The highest BCUT2D eigenvalue weighted by Crippen LogP contribution is 2.42. The van der Waals surface area contributed by atoms with Gasteiger partial charge in [-0.1, -0.05) is 35.5 Å². The molecule has 0 aliphatic carbocycles. The molecule has 1 amide bonds. The first-order valence-electron chi connectivity index (χ1n) is 9.03. The number of para-hydroxylation sites is 2. The molecule has 0 spiro atoms. The lowest BCUT2D eigenvalue weighted by molar-refractivity contribution is -0.113. The molecule has 0 saturated carbocycles. The molecule has 8 nitrogen and oxygen atoms in total. The number of nitrogens with zero attached hydrogens (tertiary/aromatic N) is 3. The summed E-state index contributed by atoms with van der Waals surface area (Å²) in [6.07, 6.45) is 1.27. The molecule has 2 aromatic carbocycles. The van der Waals surface area contributed by atoms with Crippen molar-refractivity contribution in [3.8, 4) is 17.0 Å². The first-order chi connectivity index (χ1) is 14.8. The Morgan fingerprint density at radius 1 is 1.26 bits per heavy atom. The number of ether oxygens (including phenoxy) is 1. The van der Waals surface area contributed by atoms with Crippen molar-refractivity contribution >= 4 is 50.7 Å². The summed E-state index contributed by atoms with van der Waals surface area (Å²) in [5.74, 6) is 0.322. The number of hydrogen-bond acceptors (Lipinski definition) is 7. The van der Waals surface area contributed by atoms with Crippen LogP contribution in [-0.4, -0.2) is 44.2 Å². The molecule has 0 fully saturated rings. The van der Waals surface area contributed by atoms with Gasteiger partial charge in [0.05, 0.1) is 36.1 Å². The van der Waals surface area contributed by atoms with Gasteiger partial charge in [0, 0.05) is 17.6 Å². The van der Waals surface area contributed by atoms with Crippen molar-refractivity contribution in [3.63, 3.8) is 0 Å². The van der Waals surface area contributed by atoms with Gasteiger partial charge in [0.25, 0.3) is 10.0 Å². The molecule has 1 aromatic heterocycles. The van der Waals surface area contributed by atoms with Crippen LogP contribution in [-0.2, 0) is 14.8 Å². The molecule has 160 valence electrons. The number of anilines is 2. The number of sulfonamides is 1. The monoisotopic (exact) mass is 476 g/mol. The average molecular weight is 477 g/mol. The van der Waals surface area contributed by atoms with Crippen molar-refractivity contribution in [3.05, 3.63) is 53.7 Å². The minimum absolute atomic E-state index is 0.00708. The largest absolute Gasteiger partial charge is 0.495 e. The van der Waals surface area contributed by atoms with Crippen molar-refractivity contribution in [2.45, 2.75) is 10.1 Å². The number of nitrogens with one attached hydrogen (secondary N) is 1. The third-order valence-corrected chi connectivity index (χ3v) is 7.51. The Kier molecular flexibility index (Phi) is 5.78. The van der Waals surface area contributed by atoms with Crippen molar-refractivity contribution in [2.24, 2.45) is 0 Å². The van der Waals surface area contributed by atoms with E-state index < -0.39 is 10.0 Å². The van der Waals surface area contributed by atoms with E-state index in [4.69, 9.17) is 16.3 Å². The quantitative estimate of drug-likeness (QED) is 0.442. The first-order valence-corrected chi connectivity index (χ1v) is 11.8. The minimum atomic E-state index is -3.80. The standard InChI is InChI=1S/C20H17ClN4O4S2/c1-25-15-9-12(21)7-8-13(15)19-17(31(25,27)28)10-22-20(24-19)30-11-18(26)23-14-5-3-4-6-16(14)29-2/h3-10H,11H2,1-2H3,(H,23,26). The van der Waals surface area contributed by atoms with E-state index in [1.165, 1.54) is 20.4 Å². The number of hydrogen-bond donors (Lipinski definition) is 1. The van der Waals surface area contributed by atoms with Crippen LogP contribution in [0.4, 0.5) is 11.4 Å². The van der Waals surface area contributed by atoms with Gasteiger partial charge in [0.15, 0.2) is 5.16 Å². The van der Waals surface area contributed by atoms with Crippen LogP contribution in [0.2, 0.25) is 5.02 Å². The van der Waals surface area contributed by atoms with Crippen LogP contribution >= 0.6 is 23.4 Å². The third-order valence-electron chi connectivity index (χ3n) is 4.64. The Hall–Kier alpha value is -2.82. The Morgan fingerprint density at radius 3 is 2.81 bits per heavy atom. The number of amides is 1. The second-order valence-electron chi connectivity index (χ2n) is 6.54. The Morgan fingerprint density at radius 2 is 2.03 bits per heavy atom. The summed E-state index contributed by atoms with van der Waals surface area (Å²) in [5, 5.41) is 3.48. The molecule has 11 heteroatoms. The summed E-state index contributed by atoms with van der Waals surface area (Å²) >= 11 is 7.16. The number of halogens is 1. The molecule has 3 aromatic rings. The van der Waals surface area contributed by atoms with Gasteiger partial charge in [-0.15, -0.1) is 0 Å². The van der Waals surface area contributed by atoms with Crippen molar-refractivity contribution in [1.82, 2.24) is 9.97 Å². The second kappa shape index (κ2) is 8.37. The van der Waals surface area contributed by atoms with Crippen molar-refractivity contribution < 1.29 is 17.9 Å².